The largest absolute Gasteiger partial charge is 0.494 e. The number of rotatable bonds is 3. The molecule has 1 atom stereocenters. The Morgan fingerprint density at radius 1 is 1.48 bits per heavy atom. The van der Waals surface area contributed by atoms with Crippen LogP contribution in [0.3, 0.4) is 0 Å². The minimum atomic E-state index is -4.61. The topological polar surface area (TPSA) is 61.8 Å². The van der Waals surface area contributed by atoms with Crippen LogP contribution in [0.1, 0.15) is 25.3 Å². The Morgan fingerprint density at radius 2 is 2.22 bits per heavy atom. The van der Waals surface area contributed by atoms with Crippen LogP contribution in [-0.2, 0) is 6.18 Å². The lowest BCUT2D eigenvalue weighted by Crippen LogP contribution is -2.44. The molecule has 8 heteroatoms. The molecule has 2 N–H and O–H groups in total. The SMILES string of the molecule is CCOc1ccc(NC(=O)N2CCCC(O)C2)c(C(F)(F)F)c1. The van der Waals surface area contributed by atoms with Gasteiger partial charge >= 0.3 is 12.2 Å². The quantitative estimate of drug-likeness (QED) is 0.894. The second kappa shape index (κ2) is 7.08. The van der Waals surface area contributed by atoms with Gasteiger partial charge in [0.1, 0.15) is 5.75 Å². The van der Waals surface area contributed by atoms with Crippen LogP contribution < -0.4 is 10.1 Å². The van der Waals surface area contributed by atoms with Crippen molar-refractivity contribution in [3.63, 3.8) is 0 Å². The van der Waals surface area contributed by atoms with Gasteiger partial charge in [-0.2, -0.15) is 13.2 Å². The number of benzene rings is 1. The molecule has 0 aromatic heterocycles. The summed E-state index contributed by atoms with van der Waals surface area (Å²) in [5, 5.41) is 11.8. The molecule has 1 aromatic carbocycles. The number of piperidine rings is 1. The monoisotopic (exact) mass is 332 g/mol. The predicted octanol–water partition coefficient (Wildman–Crippen LogP) is 3.09. The molecule has 23 heavy (non-hydrogen) atoms. The summed E-state index contributed by atoms with van der Waals surface area (Å²) in [6, 6.07) is 2.76. The number of nitrogens with one attached hydrogen (secondary N) is 1. The molecule has 0 radical (unpaired) electrons. The molecule has 1 fully saturated rings. The smallest absolute Gasteiger partial charge is 0.418 e. The molecule has 1 aliphatic rings. The van der Waals surface area contributed by atoms with E-state index in [1.807, 2.05) is 0 Å². The van der Waals surface area contributed by atoms with E-state index in [0.717, 1.165) is 6.07 Å². The molecule has 1 heterocycles. The number of carbonyl (C=O) groups excluding carboxylic acids is 1. The second-order valence-electron chi connectivity index (χ2n) is 5.31. The Balaban J connectivity index is 2.19. The number of β-amino-alcohol motifs (C(OH)–C–C–N with tert-alkyl or cyclic N) is 1. The molecule has 1 saturated heterocycles. The van der Waals surface area contributed by atoms with Gasteiger partial charge < -0.3 is 20.1 Å². The number of likely N-dealkylation sites (tertiary alicyclic amines) is 1. The van der Waals surface area contributed by atoms with E-state index in [1.54, 1.807) is 6.92 Å². The van der Waals surface area contributed by atoms with E-state index >= 15 is 0 Å². The molecule has 0 saturated carbocycles. The van der Waals surface area contributed by atoms with Gasteiger partial charge in [-0.15, -0.1) is 0 Å². The summed E-state index contributed by atoms with van der Waals surface area (Å²) < 4.78 is 44.6. The number of ether oxygens (including phenoxy) is 1. The van der Waals surface area contributed by atoms with E-state index in [2.05, 4.69) is 5.32 Å². The summed E-state index contributed by atoms with van der Waals surface area (Å²) in [6.07, 6.45) is -4.06. The Morgan fingerprint density at radius 3 is 2.83 bits per heavy atom. The van der Waals surface area contributed by atoms with Crippen LogP contribution in [-0.4, -0.2) is 41.8 Å². The fraction of sp³-hybridized carbons (Fsp3) is 0.533. The van der Waals surface area contributed by atoms with Gasteiger partial charge in [-0.1, -0.05) is 0 Å². The summed E-state index contributed by atoms with van der Waals surface area (Å²) >= 11 is 0. The molecule has 0 aliphatic carbocycles. The van der Waals surface area contributed by atoms with Crippen LogP contribution in [0, 0.1) is 0 Å². The number of aliphatic hydroxyl groups is 1. The van der Waals surface area contributed by atoms with Crippen LogP contribution in [0.15, 0.2) is 18.2 Å². The third-order valence-corrected chi connectivity index (χ3v) is 3.53. The number of aliphatic hydroxyl groups excluding tert-OH is 1. The highest BCUT2D eigenvalue weighted by Gasteiger charge is 2.35. The number of alkyl halides is 3. The Hall–Kier alpha value is -1.96. The van der Waals surface area contributed by atoms with Crippen molar-refractivity contribution in [2.45, 2.75) is 32.0 Å². The molecule has 0 spiro atoms. The molecule has 1 aliphatic heterocycles. The Labute approximate surface area is 132 Å². The standard InChI is InChI=1S/C15H19F3N2O3/c1-2-23-11-5-6-13(12(8-11)15(16,17)18)19-14(22)20-7-3-4-10(21)9-20/h5-6,8,10,21H,2-4,7,9H2,1H3,(H,19,22). The number of urea groups is 1. The lowest BCUT2D eigenvalue weighted by Gasteiger charge is -2.30. The van der Waals surface area contributed by atoms with Gasteiger partial charge in [0.2, 0.25) is 0 Å². The van der Waals surface area contributed by atoms with E-state index in [4.69, 9.17) is 4.74 Å². The maximum Gasteiger partial charge on any atom is 0.418 e. The Bertz CT molecular complexity index is 563. The van der Waals surface area contributed by atoms with Crippen LogP contribution in [0.2, 0.25) is 0 Å². The molecule has 0 bridgehead atoms. The van der Waals surface area contributed by atoms with Gasteiger partial charge in [0.05, 0.1) is 24.0 Å². The van der Waals surface area contributed by atoms with Crippen molar-refractivity contribution in [1.82, 2.24) is 4.90 Å². The first-order valence-electron chi connectivity index (χ1n) is 7.39. The minimum Gasteiger partial charge on any atom is -0.494 e. The zero-order chi connectivity index (χ0) is 17.0. The lowest BCUT2D eigenvalue weighted by atomic mass is 10.1. The fourth-order valence-corrected chi connectivity index (χ4v) is 2.46. The number of nitrogens with zero attached hydrogens (tertiary/aromatic N) is 1. The van der Waals surface area contributed by atoms with E-state index in [1.165, 1.54) is 17.0 Å². The summed E-state index contributed by atoms with van der Waals surface area (Å²) in [5.74, 6) is 0.0891. The molecule has 2 rings (SSSR count). The van der Waals surface area contributed by atoms with E-state index in [0.29, 0.717) is 19.4 Å². The molecular formula is C15H19F3N2O3. The van der Waals surface area contributed by atoms with Crippen molar-refractivity contribution in [2.75, 3.05) is 25.0 Å². The molecule has 5 nitrogen and oxygen atoms in total. The molecule has 2 amide bonds. The summed E-state index contributed by atoms with van der Waals surface area (Å²) in [7, 11) is 0. The molecule has 128 valence electrons. The normalized spacial score (nSPS) is 18.7. The summed E-state index contributed by atoms with van der Waals surface area (Å²) in [5.41, 5.74) is -1.29. The highest BCUT2D eigenvalue weighted by atomic mass is 19.4. The maximum absolute atomic E-state index is 13.2. The fourth-order valence-electron chi connectivity index (χ4n) is 2.46. The van der Waals surface area contributed by atoms with Crippen molar-refractivity contribution in [1.29, 1.82) is 0 Å². The van der Waals surface area contributed by atoms with Crippen molar-refractivity contribution in [3.05, 3.63) is 23.8 Å². The lowest BCUT2D eigenvalue weighted by molar-refractivity contribution is -0.137. The zero-order valence-electron chi connectivity index (χ0n) is 12.7. The number of anilines is 1. The maximum atomic E-state index is 13.2. The van der Waals surface area contributed by atoms with Crippen LogP contribution in [0.25, 0.3) is 0 Å². The first-order chi connectivity index (χ1) is 10.8. The van der Waals surface area contributed by atoms with Crippen LogP contribution >= 0.6 is 0 Å². The number of amides is 2. The van der Waals surface area contributed by atoms with Gasteiger partial charge in [0.15, 0.2) is 0 Å². The molecular weight excluding hydrogens is 313 g/mol. The van der Waals surface area contributed by atoms with Gasteiger partial charge in [-0.25, -0.2) is 4.79 Å². The number of hydrogen-bond donors (Lipinski definition) is 2. The number of hydrogen-bond acceptors (Lipinski definition) is 3. The first-order valence-corrected chi connectivity index (χ1v) is 7.39. The third kappa shape index (κ3) is 4.51. The first kappa shape index (κ1) is 17.4. The molecule has 1 aromatic rings. The molecule has 1 unspecified atom stereocenters. The zero-order valence-corrected chi connectivity index (χ0v) is 12.7. The van der Waals surface area contributed by atoms with Crippen molar-refractivity contribution >= 4 is 11.7 Å². The van der Waals surface area contributed by atoms with Gasteiger partial charge in [0, 0.05) is 13.1 Å². The van der Waals surface area contributed by atoms with Crippen molar-refractivity contribution in [2.24, 2.45) is 0 Å². The number of halogens is 3. The third-order valence-electron chi connectivity index (χ3n) is 3.53. The predicted molar refractivity (Wildman–Crippen MR) is 78.4 cm³/mol. The van der Waals surface area contributed by atoms with E-state index in [9.17, 15) is 23.1 Å². The van der Waals surface area contributed by atoms with E-state index < -0.39 is 23.9 Å². The van der Waals surface area contributed by atoms with Crippen LogP contribution in [0.5, 0.6) is 5.75 Å². The highest BCUT2D eigenvalue weighted by molar-refractivity contribution is 5.90. The van der Waals surface area contributed by atoms with Crippen molar-refractivity contribution < 1.29 is 27.8 Å². The second-order valence-corrected chi connectivity index (χ2v) is 5.31. The summed E-state index contributed by atoms with van der Waals surface area (Å²) in [4.78, 5) is 13.4. The minimum absolute atomic E-state index is 0.0891. The van der Waals surface area contributed by atoms with E-state index in [-0.39, 0.29) is 24.6 Å². The highest BCUT2D eigenvalue weighted by Crippen LogP contribution is 2.37. The van der Waals surface area contributed by atoms with Gasteiger partial charge in [-0.05, 0) is 38.0 Å². The average molecular weight is 332 g/mol. The summed E-state index contributed by atoms with van der Waals surface area (Å²) in [6.45, 7) is 2.44. The van der Waals surface area contributed by atoms with Crippen molar-refractivity contribution in [3.8, 4) is 5.75 Å². The van der Waals surface area contributed by atoms with Gasteiger partial charge in [0.25, 0.3) is 0 Å². The Kier molecular flexibility index (Phi) is 5.35. The van der Waals surface area contributed by atoms with Crippen LogP contribution in [0.4, 0.5) is 23.7 Å². The van der Waals surface area contributed by atoms with Gasteiger partial charge in [-0.3, -0.25) is 0 Å². The number of carbonyl (C=O) groups is 1. The average Bonchev–Trinajstić information content (AvgIpc) is 2.48.